The molecule has 1 aromatic carbocycles. The Morgan fingerprint density at radius 2 is 1.88 bits per heavy atom. The number of benzene rings is 1. The summed E-state index contributed by atoms with van der Waals surface area (Å²) in [4.78, 5) is 19.4. The molecular weight excluding hydrogens is 349 g/mol. The van der Waals surface area contributed by atoms with Gasteiger partial charge in [-0.2, -0.15) is 18.2 Å². The van der Waals surface area contributed by atoms with Crippen LogP contribution in [-0.2, 0) is 6.18 Å². The van der Waals surface area contributed by atoms with Gasteiger partial charge in [-0.25, -0.2) is 4.79 Å². The highest BCUT2D eigenvalue weighted by Gasteiger charge is 2.35. The van der Waals surface area contributed by atoms with Crippen LogP contribution >= 0.6 is 0 Å². The van der Waals surface area contributed by atoms with Gasteiger partial charge in [0.05, 0.1) is 5.56 Å². The molecule has 26 heavy (non-hydrogen) atoms. The van der Waals surface area contributed by atoms with Gasteiger partial charge in [0.2, 0.25) is 11.7 Å². The smallest absolute Gasteiger partial charge is 0.339 e. The number of amides is 2. The van der Waals surface area contributed by atoms with Gasteiger partial charge in [0.25, 0.3) is 0 Å². The minimum atomic E-state index is -4.49. The third kappa shape index (κ3) is 3.66. The number of aromatic nitrogens is 2. The van der Waals surface area contributed by atoms with Gasteiger partial charge >= 0.3 is 12.2 Å². The molecule has 2 amide bonds. The molecule has 3 rings (SSSR count). The molecule has 0 atom stereocenters. The fraction of sp³-hybridized carbons (Fsp3) is 0.471. The Labute approximate surface area is 148 Å². The van der Waals surface area contributed by atoms with Gasteiger partial charge in [0.1, 0.15) is 0 Å². The molecule has 9 heteroatoms. The number of alkyl halides is 3. The van der Waals surface area contributed by atoms with E-state index in [1.807, 2.05) is 0 Å². The lowest BCUT2D eigenvalue weighted by Crippen LogP contribution is -2.43. The molecule has 1 aliphatic rings. The number of carbonyl (C=O) groups is 1. The molecule has 0 radical (unpaired) electrons. The van der Waals surface area contributed by atoms with Crippen molar-refractivity contribution in [1.82, 2.24) is 19.9 Å². The fourth-order valence-electron chi connectivity index (χ4n) is 3.04. The van der Waals surface area contributed by atoms with Crippen LogP contribution in [0, 0.1) is 0 Å². The van der Waals surface area contributed by atoms with Crippen molar-refractivity contribution >= 4 is 6.03 Å². The number of nitrogens with zero attached hydrogens (tertiary/aromatic N) is 4. The van der Waals surface area contributed by atoms with Crippen LogP contribution in [0.1, 0.15) is 30.2 Å². The summed E-state index contributed by atoms with van der Waals surface area (Å²) in [6.07, 6.45) is -3.24. The van der Waals surface area contributed by atoms with Crippen LogP contribution in [0.3, 0.4) is 0 Å². The van der Waals surface area contributed by atoms with E-state index in [0.717, 1.165) is 6.07 Å². The number of hydrogen-bond acceptors (Lipinski definition) is 4. The standard InChI is InChI=1S/C17H19F3N4O2/c1-23(2)16(25)24-9-7-11(8-10-24)15-21-14(22-26-15)12-5-3-4-6-13(12)17(18,19)20/h3-6,11H,7-10H2,1-2H3. The summed E-state index contributed by atoms with van der Waals surface area (Å²) in [7, 11) is 3.38. The topological polar surface area (TPSA) is 62.5 Å². The molecule has 0 bridgehead atoms. The number of piperidine rings is 1. The van der Waals surface area contributed by atoms with Crippen molar-refractivity contribution < 1.29 is 22.5 Å². The molecule has 1 saturated heterocycles. The van der Waals surface area contributed by atoms with E-state index in [1.165, 1.54) is 23.1 Å². The highest BCUT2D eigenvalue weighted by atomic mass is 19.4. The van der Waals surface area contributed by atoms with Crippen molar-refractivity contribution in [1.29, 1.82) is 0 Å². The van der Waals surface area contributed by atoms with Gasteiger partial charge in [-0.05, 0) is 18.9 Å². The minimum Gasteiger partial charge on any atom is -0.339 e. The second-order valence-corrected chi connectivity index (χ2v) is 6.44. The maximum atomic E-state index is 13.2. The lowest BCUT2D eigenvalue weighted by molar-refractivity contribution is -0.137. The summed E-state index contributed by atoms with van der Waals surface area (Å²) in [5.41, 5.74) is -0.894. The average molecular weight is 368 g/mol. The van der Waals surface area contributed by atoms with Crippen LogP contribution in [-0.4, -0.2) is 53.2 Å². The molecule has 2 aromatic rings. The van der Waals surface area contributed by atoms with Gasteiger partial charge in [0.15, 0.2) is 0 Å². The zero-order valence-corrected chi connectivity index (χ0v) is 14.5. The predicted molar refractivity (Wildman–Crippen MR) is 87.4 cm³/mol. The third-order valence-electron chi connectivity index (χ3n) is 4.41. The minimum absolute atomic E-state index is 0.0613. The quantitative estimate of drug-likeness (QED) is 0.812. The van der Waals surface area contributed by atoms with E-state index >= 15 is 0 Å². The highest BCUT2D eigenvalue weighted by molar-refractivity contribution is 5.73. The Morgan fingerprint density at radius 3 is 2.50 bits per heavy atom. The molecule has 6 nitrogen and oxygen atoms in total. The van der Waals surface area contributed by atoms with E-state index in [1.54, 1.807) is 19.0 Å². The number of likely N-dealkylation sites (tertiary alicyclic amines) is 1. The van der Waals surface area contributed by atoms with E-state index in [9.17, 15) is 18.0 Å². The zero-order valence-electron chi connectivity index (χ0n) is 14.5. The molecule has 1 aliphatic heterocycles. The van der Waals surface area contributed by atoms with Crippen molar-refractivity contribution in [3.05, 3.63) is 35.7 Å². The first kappa shape index (κ1) is 18.2. The third-order valence-corrected chi connectivity index (χ3v) is 4.41. The van der Waals surface area contributed by atoms with Crippen LogP contribution in [0.15, 0.2) is 28.8 Å². The van der Waals surface area contributed by atoms with Gasteiger partial charge in [-0.15, -0.1) is 0 Å². The van der Waals surface area contributed by atoms with Crippen LogP contribution in [0.2, 0.25) is 0 Å². The lowest BCUT2D eigenvalue weighted by Gasteiger charge is -2.32. The number of hydrogen-bond donors (Lipinski definition) is 0. The largest absolute Gasteiger partial charge is 0.417 e. The molecule has 0 N–H and O–H groups in total. The SMILES string of the molecule is CN(C)C(=O)N1CCC(c2nc(-c3ccccc3C(F)(F)F)no2)CC1. The molecule has 0 saturated carbocycles. The summed E-state index contributed by atoms with van der Waals surface area (Å²) in [5.74, 6) is 0.175. The molecule has 0 unspecified atom stereocenters. The predicted octanol–water partition coefficient (Wildman–Crippen LogP) is 3.62. The Balaban J connectivity index is 1.75. The second-order valence-electron chi connectivity index (χ2n) is 6.44. The van der Waals surface area contributed by atoms with Crippen molar-refractivity contribution in [3.8, 4) is 11.4 Å². The highest BCUT2D eigenvalue weighted by Crippen LogP contribution is 2.36. The lowest BCUT2D eigenvalue weighted by atomic mass is 9.97. The number of rotatable bonds is 2. The molecule has 0 aliphatic carbocycles. The summed E-state index contributed by atoms with van der Waals surface area (Å²) in [6.45, 7) is 1.08. The fourth-order valence-corrected chi connectivity index (χ4v) is 3.04. The van der Waals surface area contributed by atoms with E-state index in [0.29, 0.717) is 31.8 Å². The Morgan fingerprint density at radius 1 is 1.23 bits per heavy atom. The number of carbonyl (C=O) groups excluding carboxylic acids is 1. The normalized spacial score (nSPS) is 16.0. The van der Waals surface area contributed by atoms with Crippen molar-refractivity contribution in [3.63, 3.8) is 0 Å². The number of halogens is 3. The molecule has 1 aromatic heterocycles. The van der Waals surface area contributed by atoms with E-state index in [-0.39, 0.29) is 23.3 Å². The van der Waals surface area contributed by atoms with E-state index in [4.69, 9.17) is 4.52 Å². The van der Waals surface area contributed by atoms with Crippen LogP contribution in [0.5, 0.6) is 0 Å². The van der Waals surface area contributed by atoms with Gasteiger partial charge in [-0.3, -0.25) is 0 Å². The van der Waals surface area contributed by atoms with Crippen LogP contribution in [0.25, 0.3) is 11.4 Å². The Bertz CT molecular complexity index is 780. The second kappa shape index (κ2) is 6.97. The van der Waals surface area contributed by atoms with Gasteiger partial charge in [-0.1, -0.05) is 23.4 Å². The van der Waals surface area contributed by atoms with Crippen molar-refractivity contribution in [2.75, 3.05) is 27.2 Å². The molecule has 140 valence electrons. The Hall–Kier alpha value is -2.58. The first-order chi connectivity index (χ1) is 12.3. The van der Waals surface area contributed by atoms with Crippen LogP contribution in [0.4, 0.5) is 18.0 Å². The first-order valence-electron chi connectivity index (χ1n) is 8.24. The number of urea groups is 1. The monoisotopic (exact) mass is 368 g/mol. The summed E-state index contributed by atoms with van der Waals surface area (Å²) in [6, 6.07) is 5.09. The van der Waals surface area contributed by atoms with E-state index < -0.39 is 11.7 Å². The van der Waals surface area contributed by atoms with Crippen molar-refractivity contribution in [2.24, 2.45) is 0 Å². The van der Waals surface area contributed by atoms with Crippen molar-refractivity contribution in [2.45, 2.75) is 24.9 Å². The van der Waals surface area contributed by atoms with E-state index in [2.05, 4.69) is 10.1 Å². The maximum Gasteiger partial charge on any atom is 0.417 e. The summed E-state index contributed by atoms with van der Waals surface area (Å²) < 4.78 is 44.7. The molecular formula is C17H19F3N4O2. The van der Waals surface area contributed by atoms with Crippen LogP contribution < -0.4 is 0 Å². The average Bonchev–Trinajstić information content (AvgIpc) is 3.10. The molecule has 1 fully saturated rings. The molecule has 2 heterocycles. The van der Waals surface area contributed by atoms with Gasteiger partial charge < -0.3 is 14.3 Å². The Kier molecular flexibility index (Phi) is 4.88. The zero-order chi connectivity index (χ0) is 18.9. The summed E-state index contributed by atoms with van der Waals surface area (Å²) in [5, 5.41) is 3.74. The van der Waals surface area contributed by atoms with Gasteiger partial charge in [0, 0.05) is 38.7 Å². The maximum absolute atomic E-state index is 13.2. The molecule has 0 spiro atoms. The summed E-state index contributed by atoms with van der Waals surface area (Å²) >= 11 is 0. The first-order valence-corrected chi connectivity index (χ1v) is 8.24.